The number of nitrogens with one attached hydrogen (secondary N) is 1. The monoisotopic (exact) mass is 213 g/mol. The summed E-state index contributed by atoms with van der Waals surface area (Å²) in [6, 6.07) is 3.71. The van der Waals surface area contributed by atoms with Crippen LogP contribution in [-0.2, 0) is 5.75 Å². The average Bonchev–Trinajstić information content (AvgIpc) is 2.26. The van der Waals surface area contributed by atoms with Gasteiger partial charge in [0.25, 0.3) is 0 Å². The molecule has 0 aromatic carbocycles. The van der Waals surface area contributed by atoms with E-state index >= 15 is 0 Å². The van der Waals surface area contributed by atoms with Gasteiger partial charge in [0.2, 0.25) is 0 Å². The number of aliphatic hydroxyl groups excluding tert-OH is 1. The van der Waals surface area contributed by atoms with Crippen LogP contribution in [0, 0.1) is 0 Å². The summed E-state index contributed by atoms with van der Waals surface area (Å²) >= 11 is 1.67. The van der Waals surface area contributed by atoms with Gasteiger partial charge in [-0.2, -0.15) is 11.8 Å². The number of aromatic nitrogens is 1. The molecule has 1 unspecified atom stereocenters. The molecule has 78 valence electrons. The molecule has 0 aliphatic carbocycles. The highest BCUT2D eigenvalue weighted by molar-refractivity contribution is 7.99. The van der Waals surface area contributed by atoms with Gasteiger partial charge < -0.3 is 10.5 Å². The lowest BCUT2D eigenvalue weighted by Crippen LogP contribution is -2.07. The van der Waals surface area contributed by atoms with E-state index in [-0.39, 0.29) is 11.9 Å². The van der Waals surface area contributed by atoms with E-state index in [0.717, 1.165) is 17.1 Å². The zero-order chi connectivity index (χ0) is 10.4. The van der Waals surface area contributed by atoms with Gasteiger partial charge in [0.15, 0.2) is 0 Å². The fraction of sp³-hybridized carbons (Fsp3) is 0.444. The van der Waals surface area contributed by atoms with Gasteiger partial charge in [-0.15, -0.1) is 0 Å². The highest BCUT2D eigenvalue weighted by Crippen LogP contribution is 2.17. The second-order valence-corrected chi connectivity index (χ2v) is 4.41. The quantitative estimate of drug-likeness (QED) is 0.502. The minimum atomic E-state index is 0.194. The molecule has 1 atom stereocenters. The summed E-state index contributed by atoms with van der Waals surface area (Å²) < 4.78 is 0. The number of hydrogen-bond donors (Lipinski definition) is 3. The standard InChI is InChI=1S/C9H15N3OS/c1-7(5-13)14-6-9-4-8(12-10)2-3-11-9/h2-4,7,13H,5-6,10H2,1H3,(H,11,12). The Morgan fingerprint density at radius 1 is 1.71 bits per heavy atom. The predicted octanol–water partition coefficient (Wildman–Crippen LogP) is 0.981. The Morgan fingerprint density at radius 2 is 2.50 bits per heavy atom. The van der Waals surface area contributed by atoms with Crippen molar-refractivity contribution < 1.29 is 5.11 Å². The molecular formula is C9H15N3OS. The topological polar surface area (TPSA) is 71.2 Å². The molecule has 1 heterocycles. The maximum Gasteiger partial charge on any atom is 0.0547 e. The molecule has 4 N–H and O–H groups in total. The minimum Gasteiger partial charge on any atom is -0.395 e. The second kappa shape index (κ2) is 5.85. The Morgan fingerprint density at radius 3 is 3.14 bits per heavy atom. The van der Waals surface area contributed by atoms with Crippen LogP contribution in [0.25, 0.3) is 0 Å². The van der Waals surface area contributed by atoms with Crippen LogP contribution in [0.3, 0.4) is 0 Å². The number of hydrazine groups is 1. The van der Waals surface area contributed by atoms with Gasteiger partial charge in [-0.05, 0) is 12.1 Å². The molecule has 5 heteroatoms. The van der Waals surface area contributed by atoms with Crippen LogP contribution in [-0.4, -0.2) is 21.9 Å². The van der Waals surface area contributed by atoms with Crippen molar-refractivity contribution in [2.45, 2.75) is 17.9 Å². The van der Waals surface area contributed by atoms with Gasteiger partial charge in [-0.25, -0.2) is 0 Å². The van der Waals surface area contributed by atoms with E-state index in [1.165, 1.54) is 0 Å². The summed E-state index contributed by atoms with van der Waals surface area (Å²) in [6.45, 7) is 2.18. The largest absolute Gasteiger partial charge is 0.395 e. The van der Waals surface area contributed by atoms with E-state index in [2.05, 4.69) is 10.4 Å². The molecule has 0 aliphatic rings. The third-order valence-electron chi connectivity index (χ3n) is 1.76. The maximum atomic E-state index is 8.84. The molecule has 0 saturated carbocycles. The van der Waals surface area contributed by atoms with Crippen molar-refractivity contribution in [2.24, 2.45) is 5.84 Å². The third-order valence-corrected chi connectivity index (χ3v) is 2.94. The molecule has 0 radical (unpaired) electrons. The van der Waals surface area contributed by atoms with Crippen molar-refractivity contribution in [3.05, 3.63) is 24.0 Å². The van der Waals surface area contributed by atoms with Crippen molar-refractivity contribution in [2.75, 3.05) is 12.0 Å². The van der Waals surface area contributed by atoms with Gasteiger partial charge in [0.1, 0.15) is 0 Å². The SMILES string of the molecule is CC(CO)SCc1cc(NN)ccn1. The van der Waals surface area contributed by atoms with E-state index in [1.807, 2.05) is 19.1 Å². The van der Waals surface area contributed by atoms with Crippen LogP contribution in [0.15, 0.2) is 18.3 Å². The van der Waals surface area contributed by atoms with Crippen LogP contribution in [0.1, 0.15) is 12.6 Å². The lowest BCUT2D eigenvalue weighted by molar-refractivity contribution is 0.300. The molecule has 0 bridgehead atoms. The van der Waals surface area contributed by atoms with Gasteiger partial charge in [0, 0.05) is 17.2 Å². The van der Waals surface area contributed by atoms with Gasteiger partial charge in [0.05, 0.1) is 18.0 Å². The highest BCUT2D eigenvalue weighted by atomic mass is 32.2. The van der Waals surface area contributed by atoms with Gasteiger partial charge >= 0.3 is 0 Å². The van der Waals surface area contributed by atoms with Crippen LogP contribution in [0.4, 0.5) is 5.69 Å². The Balaban J connectivity index is 2.50. The van der Waals surface area contributed by atoms with Crippen molar-refractivity contribution in [3.63, 3.8) is 0 Å². The van der Waals surface area contributed by atoms with Crippen molar-refractivity contribution in [1.29, 1.82) is 0 Å². The summed E-state index contributed by atoms with van der Waals surface area (Å²) in [5.74, 6) is 6.07. The molecule has 0 amide bonds. The molecule has 1 aromatic heterocycles. The van der Waals surface area contributed by atoms with E-state index in [4.69, 9.17) is 10.9 Å². The lowest BCUT2D eigenvalue weighted by atomic mass is 10.3. The highest BCUT2D eigenvalue weighted by Gasteiger charge is 2.02. The maximum absolute atomic E-state index is 8.84. The molecule has 0 fully saturated rings. The molecule has 1 rings (SSSR count). The van der Waals surface area contributed by atoms with E-state index in [0.29, 0.717) is 0 Å². The Hall–Kier alpha value is -0.780. The summed E-state index contributed by atoms with van der Waals surface area (Å²) in [6.07, 6.45) is 1.72. The molecule has 0 saturated heterocycles. The number of thioether (sulfide) groups is 1. The number of anilines is 1. The van der Waals surface area contributed by atoms with Crippen LogP contribution in [0.5, 0.6) is 0 Å². The summed E-state index contributed by atoms with van der Waals surface area (Å²) in [4.78, 5) is 4.20. The zero-order valence-electron chi connectivity index (χ0n) is 8.10. The molecule has 0 spiro atoms. The first-order valence-corrected chi connectivity index (χ1v) is 5.45. The minimum absolute atomic E-state index is 0.194. The number of nitrogen functional groups attached to an aromatic ring is 1. The average molecular weight is 213 g/mol. The van der Waals surface area contributed by atoms with Crippen molar-refractivity contribution in [1.82, 2.24) is 4.98 Å². The Labute approximate surface area is 87.9 Å². The summed E-state index contributed by atoms with van der Waals surface area (Å²) in [7, 11) is 0. The molecule has 0 aliphatic heterocycles. The van der Waals surface area contributed by atoms with Crippen molar-refractivity contribution in [3.8, 4) is 0 Å². The fourth-order valence-electron chi connectivity index (χ4n) is 0.927. The molecule has 4 nitrogen and oxygen atoms in total. The Kier molecular flexibility index (Phi) is 4.72. The first kappa shape index (κ1) is 11.3. The van der Waals surface area contributed by atoms with Gasteiger partial charge in [-0.1, -0.05) is 6.92 Å². The van der Waals surface area contributed by atoms with E-state index in [9.17, 15) is 0 Å². The zero-order valence-corrected chi connectivity index (χ0v) is 8.92. The first-order valence-electron chi connectivity index (χ1n) is 4.40. The van der Waals surface area contributed by atoms with Crippen molar-refractivity contribution >= 4 is 17.4 Å². The first-order chi connectivity index (χ1) is 6.76. The third kappa shape index (κ3) is 3.53. The molecule has 1 aromatic rings. The summed E-state index contributed by atoms with van der Waals surface area (Å²) in [5, 5.41) is 9.08. The van der Waals surface area contributed by atoms with E-state index in [1.54, 1.807) is 18.0 Å². The number of nitrogens with two attached hydrogens (primary N) is 1. The van der Waals surface area contributed by atoms with Crippen LogP contribution in [0.2, 0.25) is 0 Å². The van der Waals surface area contributed by atoms with E-state index < -0.39 is 0 Å². The fourth-order valence-corrected chi connectivity index (χ4v) is 1.65. The predicted molar refractivity (Wildman–Crippen MR) is 59.9 cm³/mol. The number of aliphatic hydroxyl groups is 1. The molecule has 14 heavy (non-hydrogen) atoms. The number of pyridine rings is 1. The normalized spacial score (nSPS) is 12.5. The Bertz CT molecular complexity index is 283. The molecular weight excluding hydrogens is 198 g/mol. The lowest BCUT2D eigenvalue weighted by Gasteiger charge is -2.07. The smallest absolute Gasteiger partial charge is 0.0547 e. The number of rotatable bonds is 5. The number of nitrogens with zero attached hydrogens (tertiary/aromatic N) is 1. The number of hydrogen-bond acceptors (Lipinski definition) is 5. The second-order valence-electron chi connectivity index (χ2n) is 2.98. The van der Waals surface area contributed by atoms with Crippen LogP contribution < -0.4 is 11.3 Å². The van der Waals surface area contributed by atoms with Crippen LogP contribution >= 0.6 is 11.8 Å². The summed E-state index contributed by atoms with van der Waals surface area (Å²) in [5.41, 5.74) is 4.39. The van der Waals surface area contributed by atoms with Gasteiger partial charge in [-0.3, -0.25) is 10.8 Å².